The molecule has 0 saturated carbocycles. The van der Waals surface area contributed by atoms with Crippen molar-refractivity contribution in [2.45, 2.75) is 6.10 Å². The van der Waals surface area contributed by atoms with Crippen LogP contribution in [0.25, 0.3) is 0 Å². The summed E-state index contributed by atoms with van der Waals surface area (Å²) in [6.45, 7) is -0.191. The molecule has 0 aliphatic rings. The minimum absolute atomic E-state index is 0. The van der Waals surface area contributed by atoms with Crippen LogP contribution < -0.4 is 6.15 Å². The molecule has 0 aromatic carbocycles. The van der Waals surface area contributed by atoms with Crippen LogP contribution in [-0.4, -0.2) is 35.3 Å². The Labute approximate surface area is 76.7 Å². The number of carbonyl (C=O) groups excluding carboxylic acids is 1. The Kier molecular flexibility index (Phi) is 10.2. The number of hydrogen-bond donors (Lipinski definition) is 4. The fraction of sp³-hybridized carbons (Fsp3) is 0.800. The van der Waals surface area contributed by atoms with Gasteiger partial charge in [0.15, 0.2) is 0 Å². The lowest BCUT2D eigenvalue weighted by molar-refractivity contribution is -0.146. The van der Waals surface area contributed by atoms with Crippen LogP contribution in [0.15, 0.2) is 0 Å². The normalized spacial score (nSPS) is 11.5. The molecule has 0 rings (SSSR count). The monoisotopic (exact) mass is 199 g/mol. The molecule has 68 valence electrons. The second-order valence-corrected chi connectivity index (χ2v) is 2.32. The van der Waals surface area contributed by atoms with E-state index in [1.54, 1.807) is 0 Å². The molecule has 6 heteroatoms. The number of aliphatic hydroxyl groups excluding tert-OH is 1. The van der Waals surface area contributed by atoms with Gasteiger partial charge in [0.1, 0.15) is 6.10 Å². The van der Waals surface area contributed by atoms with Gasteiger partial charge in [-0.15, -0.1) is 0 Å². The SMILES string of the molecule is N.O=C(CS)OC(CO)CS. The Balaban J connectivity index is 0. The Bertz CT molecular complexity index is 108. The van der Waals surface area contributed by atoms with E-state index in [-0.39, 0.29) is 18.5 Å². The second kappa shape index (κ2) is 8.19. The van der Waals surface area contributed by atoms with Gasteiger partial charge < -0.3 is 16.0 Å². The number of aliphatic hydroxyl groups is 1. The molecule has 0 aliphatic carbocycles. The summed E-state index contributed by atoms with van der Waals surface area (Å²) >= 11 is 7.53. The molecule has 0 fully saturated rings. The fourth-order valence-corrected chi connectivity index (χ4v) is 0.620. The minimum atomic E-state index is -0.497. The summed E-state index contributed by atoms with van der Waals surface area (Å²) in [4.78, 5) is 10.5. The van der Waals surface area contributed by atoms with Crippen molar-refractivity contribution in [2.24, 2.45) is 0 Å². The number of rotatable bonds is 4. The van der Waals surface area contributed by atoms with Crippen LogP contribution in [0.2, 0.25) is 0 Å². The van der Waals surface area contributed by atoms with Gasteiger partial charge in [0.2, 0.25) is 0 Å². The molecule has 0 spiro atoms. The Morgan fingerprint density at radius 2 is 2.09 bits per heavy atom. The molecular weight excluding hydrogens is 186 g/mol. The maximum atomic E-state index is 10.5. The number of hydrogen-bond acceptors (Lipinski definition) is 6. The van der Waals surface area contributed by atoms with Crippen LogP contribution in [0.1, 0.15) is 0 Å². The van der Waals surface area contributed by atoms with Gasteiger partial charge in [-0.25, -0.2) is 0 Å². The van der Waals surface area contributed by atoms with Gasteiger partial charge in [0.05, 0.1) is 12.4 Å². The van der Waals surface area contributed by atoms with E-state index in [9.17, 15) is 4.79 Å². The smallest absolute Gasteiger partial charge is 0.316 e. The van der Waals surface area contributed by atoms with Crippen LogP contribution in [0, 0.1) is 0 Å². The molecule has 0 heterocycles. The lowest BCUT2D eigenvalue weighted by Crippen LogP contribution is -2.24. The Morgan fingerprint density at radius 3 is 2.36 bits per heavy atom. The largest absolute Gasteiger partial charge is 0.458 e. The summed E-state index contributed by atoms with van der Waals surface area (Å²) in [5.41, 5.74) is 0. The molecule has 11 heavy (non-hydrogen) atoms. The van der Waals surface area contributed by atoms with E-state index >= 15 is 0 Å². The predicted molar refractivity (Wildman–Crippen MR) is 49.7 cm³/mol. The molecule has 0 aliphatic heterocycles. The van der Waals surface area contributed by atoms with Crippen molar-refractivity contribution in [1.29, 1.82) is 0 Å². The summed E-state index contributed by atoms with van der Waals surface area (Å²) in [6, 6.07) is 0. The first-order valence-corrected chi connectivity index (χ1v) is 4.03. The molecule has 1 atom stereocenters. The van der Waals surface area contributed by atoms with Crippen molar-refractivity contribution >= 4 is 31.2 Å². The second-order valence-electron chi connectivity index (χ2n) is 1.64. The number of ether oxygens (including phenoxy) is 1. The zero-order valence-electron chi connectivity index (χ0n) is 6.06. The molecule has 0 aromatic rings. The van der Waals surface area contributed by atoms with E-state index in [0.29, 0.717) is 5.75 Å². The number of esters is 1. The summed E-state index contributed by atoms with van der Waals surface area (Å²) in [5.74, 6) is -0.0725. The van der Waals surface area contributed by atoms with Crippen molar-refractivity contribution in [2.75, 3.05) is 18.1 Å². The molecule has 0 saturated heterocycles. The summed E-state index contributed by atoms with van der Waals surface area (Å²) in [6.07, 6.45) is -0.497. The zero-order chi connectivity index (χ0) is 7.98. The molecule has 0 aromatic heterocycles. The van der Waals surface area contributed by atoms with Crippen molar-refractivity contribution in [1.82, 2.24) is 6.15 Å². The van der Waals surface area contributed by atoms with Gasteiger partial charge >= 0.3 is 5.97 Å². The van der Waals surface area contributed by atoms with Crippen molar-refractivity contribution in [3.05, 3.63) is 0 Å². The number of carbonyl (C=O) groups is 1. The fourth-order valence-electron chi connectivity index (χ4n) is 0.355. The molecular formula is C5H13NO3S2. The maximum Gasteiger partial charge on any atom is 0.316 e. The first-order chi connectivity index (χ1) is 4.74. The topological polar surface area (TPSA) is 81.5 Å². The Hall–Kier alpha value is 0.0900. The molecule has 0 amide bonds. The van der Waals surface area contributed by atoms with Gasteiger partial charge in [-0.05, 0) is 0 Å². The van der Waals surface area contributed by atoms with E-state index in [4.69, 9.17) is 5.11 Å². The van der Waals surface area contributed by atoms with Crippen LogP contribution in [0.5, 0.6) is 0 Å². The average molecular weight is 199 g/mol. The van der Waals surface area contributed by atoms with Crippen LogP contribution in [0.4, 0.5) is 0 Å². The average Bonchev–Trinajstić information content (AvgIpc) is 1.99. The first-order valence-electron chi connectivity index (χ1n) is 2.76. The lowest BCUT2D eigenvalue weighted by atomic mass is 10.4. The minimum Gasteiger partial charge on any atom is -0.458 e. The van der Waals surface area contributed by atoms with Crippen molar-refractivity contribution < 1.29 is 14.6 Å². The summed E-state index contributed by atoms with van der Waals surface area (Å²) < 4.78 is 4.66. The van der Waals surface area contributed by atoms with Crippen molar-refractivity contribution in [3.63, 3.8) is 0 Å². The highest BCUT2D eigenvalue weighted by Crippen LogP contribution is 1.95. The van der Waals surface area contributed by atoms with Crippen molar-refractivity contribution in [3.8, 4) is 0 Å². The van der Waals surface area contributed by atoms with E-state index in [1.165, 1.54) is 0 Å². The molecule has 4 nitrogen and oxygen atoms in total. The quantitative estimate of drug-likeness (QED) is 0.377. The maximum absolute atomic E-state index is 10.5. The van der Waals surface area contributed by atoms with Crippen LogP contribution in [0.3, 0.4) is 0 Å². The first kappa shape index (κ1) is 13.7. The third kappa shape index (κ3) is 6.49. The van der Waals surface area contributed by atoms with Crippen LogP contribution >= 0.6 is 25.3 Å². The van der Waals surface area contributed by atoms with Crippen LogP contribution in [-0.2, 0) is 9.53 Å². The van der Waals surface area contributed by atoms with E-state index in [1.807, 2.05) is 0 Å². The predicted octanol–water partition coefficient (Wildman–Crippen LogP) is -0.0879. The highest BCUT2D eigenvalue weighted by Gasteiger charge is 2.09. The molecule has 1 unspecified atom stereocenters. The van der Waals surface area contributed by atoms with Gasteiger partial charge in [-0.1, -0.05) is 0 Å². The molecule has 0 bridgehead atoms. The van der Waals surface area contributed by atoms with E-state index < -0.39 is 12.1 Å². The van der Waals surface area contributed by atoms with Gasteiger partial charge in [-0.3, -0.25) is 4.79 Å². The molecule has 0 radical (unpaired) electrons. The highest BCUT2D eigenvalue weighted by atomic mass is 32.1. The lowest BCUT2D eigenvalue weighted by Gasteiger charge is -2.10. The van der Waals surface area contributed by atoms with E-state index in [2.05, 4.69) is 30.0 Å². The summed E-state index contributed by atoms with van der Waals surface area (Å²) in [5, 5.41) is 8.52. The third-order valence-corrected chi connectivity index (χ3v) is 1.50. The van der Waals surface area contributed by atoms with Gasteiger partial charge in [-0.2, -0.15) is 25.3 Å². The zero-order valence-corrected chi connectivity index (χ0v) is 7.85. The Morgan fingerprint density at radius 1 is 1.55 bits per heavy atom. The standard InChI is InChI=1S/C5H10O3S2.H3N/c6-1-4(2-9)8-5(7)3-10;/h4,6,9-10H,1-3H2;1H3. The van der Waals surface area contributed by atoms with Gasteiger partial charge in [0, 0.05) is 5.75 Å². The number of thiol groups is 2. The van der Waals surface area contributed by atoms with Gasteiger partial charge in [0.25, 0.3) is 0 Å². The highest BCUT2D eigenvalue weighted by molar-refractivity contribution is 7.81. The third-order valence-electron chi connectivity index (χ3n) is 0.834. The molecule has 4 N–H and O–H groups in total. The van der Waals surface area contributed by atoms with E-state index in [0.717, 1.165) is 0 Å². The summed E-state index contributed by atoms with van der Waals surface area (Å²) in [7, 11) is 0.